The van der Waals surface area contributed by atoms with Crippen LogP contribution in [-0.4, -0.2) is 83.2 Å². The van der Waals surface area contributed by atoms with Crippen molar-refractivity contribution in [2.24, 2.45) is 27.6 Å². The van der Waals surface area contributed by atoms with E-state index in [0.717, 1.165) is 0 Å². The van der Waals surface area contributed by atoms with Crippen LogP contribution >= 0.6 is 0 Å². The highest BCUT2D eigenvalue weighted by atomic mass is 16.6. The number of rotatable bonds is 17. The molecule has 0 aliphatic carbocycles. The number of hydrogen-bond acceptors (Lipinski definition) is 12. The lowest BCUT2D eigenvalue weighted by molar-refractivity contribution is -0.170. The second-order valence-electron chi connectivity index (χ2n) is 6.46. The van der Waals surface area contributed by atoms with Crippen molar-refractivity contribution in [2.45, 2.75) is 25.7 Å². The quantitative estimate of drug-likeness (QED) is 0.134. The van der Waals surface area contributed by atoms with Crippen molar-refractivity contribution in [3.05, 3.63) is 0 Å². The Morgan fingerprint density at radius 2 is 0.933 bits per heavy atom. The zero-order valence-electron chi connectivity index (χ0n) is 17.1. The summed E-state index contributed by atoms with van der Waals surface area (Å²) >= 11 is 0. The van der Waals surface area contributed by atoms with E-state index < -0.39 is 29.3 Å². The van der Waals surface area contributed by atoms with Gasteiger partial charge in [0.2, 0.25) is 0 Å². The van der Waals surface area contributed by atoms with Crippen LogP contribution in [0.3, 0.4) is 0 Å². The van der Waals surface area contributed by atoms with Crippen molar-refractivity contribution in [3.63, 3.8) is 0 Å². The molecule has 0 unspecified atom stereocenters. The Balaban J connectivity index is 5.38. The summed E-state index contributed by atoms with van der Waals surface area (Å²) in [4.78, 5) is 50.8. The molecule has 12 heteroatoms. The first-order valence-corrected chi connectivity index (χ1v) is 9.47. The van der Waals surface area contributed by atoms with Gasteiger partial charge in [-0.2, -0.15) is 0 Å². The molecule has 6 N–H and O–H groups in total. The average Bonchev–Trinajstić information content (AvgIpc) is 2.72. The Labute approximate surface area is 175 Å². The molecule has 12 nitrogen and oxygen atoms in total. The molecule has 0 saturated heterocycles. The van der Waals surface area contributed by atoms with Gasteiger partial charge in [-0.15, -0.1) is 0 Å². The summed E-state index contributed by atoms with van der Waals surface area (Å²) in [6.45, 7) is 2.30. The lowest BCUT2D eigenvalue weighted by Crippen LogP contribution is -2.44. The molecule has 0 amide bonds. The zero-order chi connectivity index (χ0) is 22.8. The molecule has 0 fully saturated rings. The summed E-state index contributed by atoms with van der Waals surface area (Å²) in [6, 6.07) is 0. The highest BCUT2D eigenvalue weighted by Gasteiger charge is 2.37. The standard InChI is InChI=1S/C18H32N4O8/c1-22-9-5-17(26)30-13-18(10-27-14(23)2-6-19,11-28-15(24)3-7-20)12-29-16(25)4-8-21/h1-13,19-21H2. The van der Waals surface area contributed by atoms with Gasteiger partial charge < -0.3 is 41.1 Å². The second-order valence-corrected chi connectivity index (χ2v) is 6.46. The van der Waals surface area contributed by atoms with Crippen LogP contribution < -0.4 is 17.2 Å². The Morgan fingerprint density at radius 3 is 1.20 bits per heavy atom. The maximum absolute atomic E-state index is 11.9. The van der Waals surface area contributed by atoms with Crippen LogP contribution in [0.25, 0.3) is 0 Å². The predicted octanol–water partition coefficient (Wildman–Crippen LogP) is -1.72. The van der Waals surface area contributed by atoms with Gasteiger partial charge in [0.25, 0.3) is 0 Å². The van der Waals surface area contributed by atoms with E-state index in [0.29, 0.717) is 0 Å². The third-order valence-corrected chi connectivity index (χ3v) is 3.68. The fourth-order valence-electron chi connectivity index (χ4n) is 2.00. The SMILES string of the molecule is C=NCCC(=O)OCC(COC(=O)CCN)(COC(=O)CCN)COC(=O)CCN. The first-order valence-electron chi connectivity index (χ1n) is 9.47. The number of carbonyl (C=O) groups excluding carboxylic acids is 4. The van der Waals surface area contributed by atoms with Gasteiger partial charge in [0.1, 0.15) is 31.8 Å². The Bertz CT molecular complexity index is 515. The maximum atomic E-state index is 11.9. The molecule has 30 heavy (non-hydrogen) atoms. The summed E-state index contributed by atoms with van der Waals surface area (Å²) < 4.78 is 20.7. The van der Waals surface area contributed by atoms with Gasteiger partial charge in [0.15, 0.2) is 0 Å². The van der Waals surface area contributed by atoms with E-state index in [2.05, 4.69) is 11.7 Å². The Kier molecular flexibility index (Phi) is 14.9. The van der Waals surface area contributed by atoms with Gasteiger partial charge in [0, 0.05) is 26.2 Å². The number of ether oxygens (including phenoxy) is 4. The normalized spacial score (nSPS) is 10.8. The number of nitrogens with two attached hydrogens (primary N) is 3. The average molecular weight is 432 g/mol. The third kappa shape index (κ3) is 12.8. The molecular formula is C18H32N4O8. The number of carbonyl (C=O) groups is 4. The summed E-state index contributed by atoms with van der Waals surface area (Å²) in [6.07, 6.45) is -0.144. The van der Waals surface area contributed by atoms with Crippen LogP contribution in [0.15, 0.2) is 4.99 Å². The van der Waals surface area contributed by atoms with Crippen molar-refractivity contribution >= 4 is 30.6 Å². The molecule has 0 spiro atoms. The summed E-state index contributed by atoms with van der Waals surface area (Å²) in [5.74, 6) is -2.41. The monoisotopic (exact) mass is 432 g/mol. The maximum Gasteiger partial charge on any atom is 0.307 e. The fourth-order valence-corrected chi connectivity index (χ4v) is 2.00. The summed E-state index contributed by atoms with van der Waals surface area (Å²) in [5.41, 5.74) is 14.7. The lowest BCUT2D eigenvalue weighted by Gasteiger charge is -2.31. The first-order chi connectivity index (χ1) is 14.3. The number of hydrogen-bond donors (Lipinski definition) is 3. The summed E-state index contributed by atoms with van der Waals surface area (Å²) in [5, 5.41) is 0. The molecule has 0 atom stereocenters. The Morgan fingerprint density at radius 1 is 0.633 bits per heavy atom. The van der Waals surface area contributed by atoms with Crippen LogP contribution in [0.2, 0.25) is 0 Å². The lowest BCUT2D eigenvalue weighted by atomic mass is 9.92. The number of esters is 4. The molecular weight excluding hydrogens is 400 g/mol. The molecule has 0 aromatic rings. The predicted molar refractivity (Wildman–Crippen MR) is 106 cm³/mol. The minimum absolute atomic E-state index is 0.0214. The minimum atomic E-state index is -1.32. The van der Waals surface area contributed by atoms with E-state index >= 15 is 0 Å². The minimum Gasteiger partial charge on any atom is -0.465 e. The van der Waals surface area contributed by atoms with Crippen molar-refractivity contribution in [1.29, 1.82) is 0 Å². The van der Waals surface area contributed by atoms with Crippen molar-refractivity contribution in [1.82, 2.24) is 0 Å². The Hall–Kier alpha value is -2.57. The van der Waals surface area contributed by atoms with Crippen LogP contribution in [0, 0.1) is 5.41 Å². The van der Waals surface area contributed by atoms with Crippen LogP contribution in [0.1, 0.15) is 25.7 Å². The van der Waals surface area contributed by atoms with E-state index in [-0.39, 0.29) is 78.3 Å². The van der Waals surface area contributed by atoms with Crippen molar-refractivity contribution < 1.29 is 38.1 Å². The molecule has 0 rings (SSSR count). The van der Waals surface area contributed by atoms with E-state index in [1.807, 2.05) is 0 Å². The molecule has 0 aromatic heterocycles. The van der Waals surface area contributed by atoms with E-state index in [4.69, 9.17) is 36.1 Å². The molecule has 0 saturated carbocycles. The molecule has 0 heterocycles. The van der Waals surface area contributed by atoms with E-state index in [1.165, 1.54) is 0 Å². The molecule has 0 aromatic carbocycles. The van der Waals surface area contributed by atoms with Gasteiger partial charge in [-0.3, -0.25) is 19.2 Å². The molecule has 0 aliphatic heterocycles. The van der Waals surface area contributed by atoms with Gasteiger partial charge >= 0.3 is 23.9 Å². The molecule has 0 bridgehead atoms. The highest BCUT2D eigenvalue weighted by molar-refractivity contribution is 5.71. The second kappa shape index (κ2) is 16.3. The van der Waals surface area contributed by atoms with Crippen LogP contribution in [0.4, 0.5) is 0 Å². The van der Waals surface area contributed by atoms with Gasteiger partial charge in [0.05, 0.1) is 25.7 Å². The van der Waals surface area contributed by atoms with E-state index in [9.17, 15) is 19.2 Å². The highest BCUT2D eigenvalue weighted by Crippen LogP contribution is 2.22. The van der Waals surface area contributed by atoms with Gasteiger partial charge in [-0.1, -0.05) is 0 Å². The first kappa shape index (κ1) is 27.4. The van der Waals surface area contributed by atoms with Crippen molar-refractivity contribution in [2.75, 3.05) is 52.6 Å². The zero-order valence-corrected chi connectivity index (χ0v) is 17.1. The van der Waals surface area contributed by atoms with Crippen LogP contribution in [0.5, 0.6) is 0 Å². The smallest absolute Gasteiger partial charge is 0.307 e. The third-order valence-electron chi connectivity index (χ3n) is 3.68. The van der Waals surface area contributed by atoms with E-state index in [1.54, 1.807) is 0 Å². The van der Waals surface area contributed by atoms with Crippen molar-refractivity contribution in [3.8, 4) is 0 Å². The number of nitrogens with zero attached hydrogens (tertiary/aromatic N) is 1. The van der Waals surface area contributed by atoms with Crippen LogP contribution in [-0.2, 0) is 38.1 Å². The topological polar surface area (TPSA) is 196 Å². The van der Waals surface area contributed by atoms with Gasteiger partial charge in [-0.25, -0.2) is 0 Å². The molecule has 172 valence electrons. The summed E-state index contributed by atoms with van der Waals surface area (Å²) in [7, 11) is 0. The number of aliphatic imine (C=N–C) groups is 1. The largest absolute Gasteiger partial charge is 0.465 e. The fraction of sp³-hybridized carbons (Fsp3) is 0.722. The van der Waals surface area contributed by atoms with Gasteiger partial charge in [-0.05, 0) is 6.72 Å². The molecule has 0 aliphatic rings. The molecule has 0 radical (unpaired) electrons.